The molecule has 0 unspecified atom stereocenters. The zero-order chi connectivity index (χ0) is 28.8. The Morgan fingerprint density at radius 1 is 1.05 bits per heavy atom. The van der Waals surface area contributed by atoms with Crippen molar-refractivity contribution >= 4 is 29.2 Å². The molecule has 2 aromatic heterocycles. The first-order valence-corrected chi connectivity index (χ1v) is 13.4. The third-order valence-electron chi connectivity index (χ3n) is 7.13. The van der Waals surface area contributed by atoms with Gasteiger partial charge in [0.2, 0.25) is 5.78 Å². The summed E-state index contributed by atoms with van der Waals surface area (Å²) in [6.07, 6.45) is 1.95. The molecule has 2 N–H and O–H groups in total. The SMILES string of the molecule is Cc1c(N)c2c(OCC(=O)OCCN3CCOCC3)c(C(=O)[C]=O)c(-c3ccccc3)nn2c1Cc1ccccc1. The fourth-order valence-electron chi connectivity index (χ4n) is 4.93. The number of hydrogen-bond acceptors (Lipinski definition) is 9. The molecule has 0 atom stereocenters. The van der Waals surface area contributed by atoms with Crippen LogP contribution in [0.2, 0.25) is 0 Å². The minimum Gasteiger partial charge on any atom is -0.479 e. The van der Waals surface area contributed by atoms with Crippen LogP contribution in [0, 0.1) is 6.92 Å². The van der Waals surface area contributed by atoms with Gasteiger partial charge in [0.15, 0.2) is 12.4 Å². The highest BCUT2D eigenvalue weighted by atomic mass is 16.6. The van der Waals surface area contributed by atoms with Gasteiger partial charge >= 0.3 is 5.97 Å². The fourth-order valence-corrected chi connectivity index (χ4v) is 4.93. The van der Waals surface area contributed by atoms with Crippen LogP contribution in [0.3, 0.4) is 0 Å². The Morgan fingerprint density at radius 3 is 2.41 bits per heavy atom. The zero-order valence-electron chi connectivity index (χ0n) is 22.8. The molecule has 41 heavy (non-hydrogen) atoms. The van der Waals surface area contributed by atoms with Crippen LogP contribution in [0.15, 0.2) is 60.7 Å². The molecule has 1 aliphatic rings. The molecule has 10 heteroatoms. The summed E-state index contributed by atoms with van der Waals surface area (Å²) in [6, 6.07) is 18.8. The van der Waals surface area contributed by atoms with Gasteiger partial charge in [0, 0.05) is 31.6 Å². The molecule has 4 aromatic rings. The number of aromatic nitrogens is 2. The standard InChI is InChI=1S/C31H31N4O6/c1-21-24(18-22-8-4-2-5-9-22)35-30(28(21)32)31(41-20-26(38)40-17-14-34-12-15-39-16-13-34)27(25(37)19-36)29(33-35)23-10-6-3-7-11-23/h2-11H,12-18,20,32H2,1H3. The summed E-state index contributed by atoms with van der Waals surface area (Å²) in [5, 5.41) is 4.81. The van der Waals surface area contributed by atoms with Crippen molar-refractivity contribution in [3.63, 3.8) is 0 Å². The van der Waals surface area contributed by atoms with Gasteiger partial charge in [-0.3, -0.25) is 14.5 Å². The molecule has 1 radical (unpaired) electrons. The molecule has 0 aliphatic carbocycles. The smallest absolute Gasteiger partial charge is 0.344 e. The summed E-state index contributed by atoms with van der Waals surface area (Å²) in [7, 11) is 0. The van der Waals surface area contributed by atoms with Gasteiger partial charge in [-0.05, 0) is 18.1 Å². The number of hydrogen-bond donors (Lipinski definition) is 1. The lowest BCUT2D eigenvalue weighted by Gasteiger charge is -2.26. The highest BCUT2D eigenvalue weighted by Gasteiger charge is 2.29. The maximum atomic E-state index is 13.0. The number of morpholine rings is 1. The maximum Gasteiger partial charge on any atom is 0.344 e. The Balaban J connectivity index is 1.54. The molecule has 211 valence electrons. The van der Waals surface area contributed by atoms with Crippen LogP contribution < -0.4 is 10.5 Å². The first-order valence-electron chi connectivity index (χ1n) is 13.4. The van der Waals surface area contributed by atoms with E-state index < -0.39 is 18.4 Å². The number of anilines is 1. The Hall–Kier alpha value is -4.54. The van der Waals surface area contributed by atoms with E-state index >= 15 is 0 Å². The van der Waals surface area contributed by atoms with Gasteiger partial charge in [-0.1, -0.05) is 60.7 Å². The van der Waals surface area contributed by atoms with Crippen LogP contribution in [0.1, 0.15) is 27.2 Å². The second-order valence-electron chi connectivity index (χ2n) is 9.72. The van der Waals surface area contributed by atoms with Crippen molar-refractivity contribution in [3.8, 4) is 17.0 Å². The molecule has 5 rings (SSSR count). The zero-order valence-corrected chi connectivity index (χ0v) is 22.8. The fraction of sp³-hybridized carbons (Fsp3) is 0.290. The van der Waals surface area contributed by atoms with Crippen LogP contribution in [0.4, 0.5) is 5.69 Å². The number of Topliss-reactive ketones (excluding diaryl/α,β-unsaturated/α-hetero) is 1. The lowest BCUT2D eigenvalue weighted by Crippen LogP contribution is -2.38. The number of ketones is 1. The summed E-state index contributed by atoms with van der Waals surface area (Å²) in [4.78, 5) is 39.6. The molecular formula is C31H31N4O6. The molecule has 2 aromatic carbocycles. The quantitative estimate of drug-likeness (QED) is 0.169. The normalized spacial score (nSPS) is 13.7. The van der Waals surface area contributed by atoms with E-state index in [9.17, 15) is 14.4 Å². The van der Waals surface area contributed by atoms with E-state index in [0.717, 1.165) is 29.9 Å². The summed E-state index contributed by atoms with van der Waals surface area (Å²) in [5.74, 6) is -1.59. The number of nitrogen functional groups attached to an aromatic ring is 1. The molecule has 10 nitrogen and oxygen atoms in total. The van der Waals surface area contributed by atoms with Gasteiger partial charge in [-0.2, -0.15) is 5.10 Å². The summed E-state index contributed by atoms with van der Waals surface area (Å²) >= 11 is 0. The Morgan fingerprint density at radius 2 is 1.73 bits per heavy atom. The molecular weight excluding hydrogens is 524 g/mol. The van der Waals surface area contributed by atoms with E-state index in [1.165, 1.54) is 6.29 Å². The largest absolute Gasteiger partial charge is 0.479 e. The Kier molecular flexibility index (Phi) is 8.71. The number of nitrogens with zero attached hydrogens (tertiary/aromatic N) is 3. The molecule has 1 fully saturated rings. The van der Waals surface area contributed by atoms with Gasteiger partial charge < -0.3 is 19.9 Å². The van der Waals surface area contributed by atoms with E-state index in [2.05, 4.69) is 4.90 Å². The number of fused-ring (bicyclic) bond motifs is 1. The Bertz CT molecular complexity index is 1550. The molecule has 0 saturated carbocycles. The number of nitrogens with two attached hydrogens (primary N) is 1. The summed E-state index contributed by atoms with van der Waals surface area (Å²) in [6.45, 7) is 4.97. The number of rotatable bonds is 11. The van der Waals surface area contributed by atoms with Crippen LogP contribution >= 0.6 is 0 Å². The highest BCUT2D eigenvalue weighted by molar-refractivity contribution is 6.36. The highest BCUT2D eigenvalue weighted by Crippen LogP contribution is 2.39. The van der Waals surface area contributed by atoms with Crippen molar-refractivity contribution < 1.29 is 28.6 Å². The third-order valence-corrected chi connectivity index (χ3v) is 7.13. The molecule has 1 aliphatic heterocycles. The summed E-state index contributed by atoms with van der Waals surface area (Å²) in [5.41, 5.74) is 10.5. The van der Waals surface area contributed by atoms with Gasteiger partial charge in [-0.15, -0.1) is 0 Å². The van der Waals surface area contributed by atoms with Gasteiger partial charge in [-0.25, -0.2) is 9.31 Å². The van der Waals surface area contributed by atoms with E-state index in [4.69, 9.17) is 25.0 Å². The monoisotopic (exact) mass is 555 g/mol. The molecule has 3 heterocycles. The second kappa shape index (κ2) is 12.8. The van der Waals surface area contributed by atoms with Crippen LogP contribution in [-0.4, -0.2) is 78.6 Å². The minimum atomic E-state index is -0.961. The minimum absolute atomic E-state index is 0.0164. The number of carbonyl (C=O) groups is 2. The van der Waals surface area contributed by atoms with Crippen molar-refractivity contribution in [1.29, 1.82) is 0 Å². The third kappa shape index (κ3) is 6.13. The first-order chi connectivity index (χ1) is 20.0. The van der Waals surface area contributed by atoms with Crippen molar-refractivity contribution in [2.75, 3.05) is 51.8 Å². The van der Waals surface area contributed by atoms with E-state index in [1.807, 2.05) is 43.3 Å². The van der Waals surface area contributed by atoms with Crippen molar-refractivity contribution in [3.05, 3.63) is 83.0 Å². The van der Waals surface area contributed by atoms with Crippen molar-refractivity contribution in [2.45, 2.75) is 13.3 Å². The van der Waals surface area contributed by atoms with E-state index in [1.54, 1.807) is 28.8 Å². The number of ether oxygens (including phenoxy) is 3. The number of carbonyl (C=O) groups excluding carboxylic acids is 3. The molecule has 0 amide bonds. The van der Waals surface area contributed by atoms with Gasteiger partial charge in [0.1, 0.15) is 17.8 Å². The van der Waals surface area contributed by atoms with Crippen molar-refractivity contribution in [2.24, 2.45) is 0 Å². The van der Waals surface area contributed by atoms with E-state index in [-0.39, 0.29) is 23.6 Å². The van der Waals surface area contributed by atoms with Crippen LogP contribution in [0.5, 0.6) is 5.75 Å². The van der Waals surface area contributed by atoms with Gasteiger partial charge in [0.05, 0.1) is 30.2 Å². The van der Waals surface area contributed by atoms with Crippen molar-refractivity contribution in [1.82, 2.24) is 14.5 Å². The predicted molar refractivity (Wildman–Crippen MR) is 153 cm³/mol. The lowest BCUT2D eigenvalue weighted by molar-refractivity contribution is -0.146. The Labute approximate surface area is 237 Å². The molecule has 0 spiro atoms. The average Bonchev–Trinajstić information content (AvgIpc) is 3.25. The van der Waals surface area contributed by atoms with Gasteiger partial charge in [0.25, 0.3) is 6.29 Å². The maximum absolute atomic E-state index is 13.0. The molecule has 0 bridgehead atoms. The first kappa shape index (κ1) is 28.0. The topological polar surface area (TPSA) is 125 Å². The predicted octanol–water partition coefficient (Wildman–Crippen LogP) is 3.03. The van der Waals surface area contributed by atoms with Crippen LogP contribution in [-0.2, 0) is 25.5 Å². The number of esters is 1. The lowest BCUT2D eigenvalue weighted by atomic mass is 10.0. The average molecular weight is 556 g/mol. The van der Waals surface area contributed by atoms with Crippen LogP contribution in [0.25, 0.3) is 16.8 Å². The second-order valence-corrected chi connectivity index (χ2v) is 9.72. The number of benzene rings is 2. The van der Waals surface area contributed by atoms with E-state index in [0.29, 0.717) is 42.9 Å². The summed E-state index contributed by atoms with van der Waals surface area (Å²) < 4.78 is 18.4. The molecule has 1 saturated heterocycles.